The predicted molar refractivity (Wildman–Crippen MR) is 116 cm³/mol. The van der Waals surface area contributed by atoms with Crippen LogP contribution in [0.4, 0.5) is 5.82 Å². The Balaban J connectivity index is 1.59. The van der Waals surface area contributed by atoms with Crippen LogP contribution in [0.15, 0.2) is 33.9 Å². The number of nitrogens with zero attached hydrogens (tertiary/aromatic N) is 5. The summed E-state index contributed by atoms with van der Waals surface area (Å²) >= 11 is 0. The van der Waals surface area contributed by atoms with E-state index >= 15 is 0 Å². The highest BCUT2D eigenvalue weighted by Crippen LogP contribution is 2.16. The van der Waals surface area contributed by atoms with Gasteiger partial charge in [-0.15, -0.1) is 0 Å². The topological polar surface area (TPSA) is 81.8 Å². The van der Waals surface area contributed by atoms with Gasteiger partial charge in [0.1, 0.15) is 5.82 Å². The van der Waals surface area contributed by atoms with Gasteiger partial charge in [-0.05, 0) is 37.6 Å². The Morgan fingerprint density at radius 3 is 2.69 bits per heavy atom. The van der Waals surface area contributed by atoms with Crippen LogP contribution in [0.5, 0.6) is 0 Å². The maximum absolute atomic E-state index is 5.40. The summed E-state index contributed by atoms with van der Waals surface area (Å²) in [5, 5.41) is 10.7. The first-order chi connectivity index (χ1) is 14.0. The van der Waals surface area contributed by atoms with Crippen molar-refractivity contribution in [2.24, 2.45) is 4.99 Å². The van der Waals surface area contributed by atoms with Gasteiger partial charge in [0, 0.05) is 45.0 Å². The third kappa shape index (κ3) is 6.19. The molecule has 8 nitrogen and oxygen atoms in total. The summed E-state index contributed by atoms with van der Waals surface area (Å²) in [7, 11) is 2.16. The zero-order valence-corrected chi connectivity index (χ0v) is 18.0. The monoisotopic (exact) mass is 399 g/mol. The molecule has 1 saturated heterocycles. The smallest absolute Gasteiger partial charge is 0.191 e. The van der Waals surface area contributed by atoms with Gasteiger partial charge in [0.15, 0.2) is 11.7 Å². The Labute approximate surface area is 173 Å². The molecule has 29 heavy (non-hydrogen) atoms. The molecule has 2 aromatic rings. The largest absolute Gasteiger partial charge is 0.359 e. The van der Waals surface area contributed by atoms with Crippen LogP contribution >= 0.6 is 0 Å². The average molecular weight is 400 g/mol. The molecule has 158 valence electrons. The number of nitrogens with one attached hydrogen (secondary N) is 2. The van der Waals surface area contributed by atoms with Crippen molar-refractivity contribution >= 4 is 11.8 Å². The van der Waals surface area contributed by atoms with Crippen molar-refractivity contribution in [3.05, 3.63) is 41.4 Å². The van der Waals surface area contributed by atoms with E-state index in [0.717, 1.165) is 61.5 Å². The first-order valence-electron chi connectivity index (χ1n) is 10.4. The number of guanidine groups is 1. The van der Waals surface area contributed by atoms with E-state index in [1.165, 1.54) is 0 Å². The number of rotatable bonds is 7. The second-order valence-electron chi connectivity index (χ2n) is 7.73. The van der Waals surface area contributed by atoms with Gasteiger partial charge in [0.2, 0.25) is 0 Å². The van der Waals surface area contributed by atoms with Crippen LogP contribution in [0.25, 0.3) is 0 Å². The lowest BCUT2D eigenvalue weighted by Gasteiger charge is -2.33. The first kappa shape index (κ1) is 21.1. The van der Waals surface area contributed by atoms with Crippen molar-refractivity contribution in [2.75, 3.05) is 44.7 Å². The fourth-order valence-corrected chi connectivity index (χ4v) is 3.13. The summed E-state index contributed by atoms with van der Waals surface area (Å²) in [6.07, 6.45) is 1.88. The minimum Gasteiger partial charge on any atom is -0.359 e. The molecular formula is C21H33N7O. The number of hydrogen-bond donors (Lipinski definition) is 2. The van der Waals surface area contributed by atoms with E-state index < -0.39 is 0 Å². The third-order valence-electron chi connectivity index (χ3n) is 5.00. The molecular weight excluding hydrogens is 366 g/mol. The van der Waals surface area contributed by atoms with Crippen molar-refractivity contribution in [1.82, 2.24) is 25.7 Å². The van der Waals surface area contributed by atoms with E-state index in [0.29, 0.717) is 19.0 Å². The Morgan fingerprint density at radius 2 is 2.00 bits per heavy atom. The molecule has 0 aliphatic carbocycles. The molecule has 0 saturated carbocycles. The Morgan fingerprint density at radius 1 is 1.21 bits per heavy atom. The molecule has 3 heterocycles. The van der Waals surface area contributed by atoms with E-state index in [9.17, 15) is 0 Å². The number of hydrogen-bond acceptors (Lipinski definition) is 6. The molecule has 1 fully saturated rings. The van der Waals surface area contributed by atoms with Crippen molar-refractivity contribution in [1.29, 1.82) is 0 Å². The predicted octanol–water partition coefficient (Wildman–Crippen LogP) is 2.20. The first-order valence-corrected chi connectivity index (χ1v) is 10.4. The Hall–Kier alpha value is -2.61. The molecule has 0 spiro atoms. The molecule has 0 bridgehead atoms. The summed E-state index contributed by atoms with van der Waals surface area (Å²) in [5.41, 5.74) is 2.12. The number of aromatic nitrogens is 2. The molecule has 8 heteroatoms. The van der Waals surface area contributed by atoms with Gasteiger partial charge in [0.05, 0.1) is 18.8 Å². The van der Waals surface area contributed by atoms with Gasteiger partial charge >= 0.3 is 0 Å². The lowest BCUT2D eigenvalue weighted by atomic mass is 10.1. The molecule has 0 atom stereocenters. The van der Waals surface area contributed by atoms with Crippen LogP contribution in [0.1, 0.15) is 43.7 Å². The van der Waals surface area contributed by atoms with E-state index in [-0.39, 0.29) is 0 Å². The van der Waals surface area contributed by atoms with Crippen molar-refractivity contribution in [2.45, 2.75) is 39.8 Å². The lowest BCUT2D eigenvalue weighted by molar-refractivity contribution is 0.312. The van der Waals surface area contributed by atoms with E-state index in [1.54, 1.807) is 0 Å². The number of pyridine rings is 1. The van der Waals surface area contributed by atoms with Gasteiger partial charge in [-0.2, -0.15) is 0 Å². The van der Waals surface area contributed by atoms with Gasteiger partial charge in [-0.25, -0.2) is 9.98 Å². The maximum Gasteiger partial charge on any atom is 0.191 e. The quantitative estimate of drug-likeness (QED) is 0.546. The molecule has 0 radical (unpaired) electrons. The zero-order valence-electron chi connectivity index (χ0n) is 18.0. The summed E-state index contributed by atoms with van der Waals surface area (Å²) in [5.74, 6) is 2.95. The molecule has 1 aliphatic heterocycles. The lowest BCUT2D eigenvalue weighted by Crippen LogP contribution is -2.44. The van der Waals surface area contributed by atoms with E-state index in [1.807, 2.05) is 18.3 Å². The highest BCUT2D eigenvalue weighted by atomic mass is 16.5. The Bertz CT molecular complexity index is 794. The maximum atomic E-state index is 5.40. The zero-order chi connectivity index (χ0) is 20.6. The number of anilines is 1. The summed E-state index contributed by atoms with van der Waals surface area (Å²) in [6, 6.07) is 6.16. The number of aliphatic imine (C=N–C) groups is 1. The van der Waals surface area contributed by atoms with E-state index in [2.05, 4.69) is 64.5 Å². The van der Waals surface area contributed by atoms with Crippen molar-refractivity contribution in [3.63, 3.8) is 0 Å². The summed E-state index contributed by atoms with van der Waals surface area (Å²) in [4.78, 5) is 14.0. The summed E-state index contributed by atoms with van der Waals surface area (Å²) in [6.45, 7) is 12.4. The molecule has 0 unspecified atom stereocenters. The van der Waals surface area contributed by atoms with Gasteiger partial charge < -0.3 is 25.0 Å². The number of piperazine rings is 1. The second kappa shape index (κ2) is 10.2. The highest BCUT2D eigenvalue weighted by Gasteiger charge is 2.15. The van der Waals surface area contributed by atoms with Crippen LogP contribution < -0.4 is 15.5 Å². The van der Waals surface area contributed by atoms with Crippen LogP contribution in [0, 0.1) is 0 Å². The summed E-state index contributed by atoms with van der Waals surface area (Å²) < 4.78 is 5.40. The minimum absolute atomic E-state index is 0.357. The van der Waals surface area contributed by atoms with Gasteiger partial charge in [-0.1, -0.05) is 19.0 Å². The normalized spacial score (nSPS) is 15.8. The van der Waals surface area contributed by atoms with Gasteiger partial charge in [-0.3, -0.25) is 0 Å². The minimum atomic E-state index is 0.357. The highest BCUT2D eigenvalue weighted by molar-refractivity contribution is 5.79. The van der Waals surface area contributed by atoms with Gasteiger partial charge in [0.25, 0.3) is 0 Å². The molecule has 3 rings (SSSR count). The SMILES string of the molecule is CCNC(=NCc1ccnc(N2CCN(C)CC2)c1)NCc1cc(C(C)C)no1. The molecule has 0 aromatic carbocycles. The van der Waals surface area contributed by atoms with Crippen LogP contribution in [0.2, 0.25) is 0 Å². The average Bonchev–Trinajstić information content (AvgIpc) is 3.20. The third-order valence-corrected chi connectivity index (χ3v) is 5.00. The molecule has 2 N–H and O–H groups in total. The number of likely N-dealkylation sites (N-methyl/N-ethyl adjacent to an activating group) is 1. The van der Waals surface area contributed by atoms with Crippen molar-refractivity contribution in [3.8, 4) is 0 Å². The van der Waals surface area contributed by atoms with Crippen LogP contribution in [0.3, 0.4) is 0 Å². The van der Waals surface area contributed by atoms with E-state index in [4.69, 9.17) is 9.52 Å². The van der Waals surface area contributed by atoms with Crippen molar-refractivity contribution < 1.29 is 4.52 Å². The fraction of sp³-hybridized carbons (Fsp3) is 0.571. The molecule has 1 aliphatic rings. The van der Waals surface area contributed by atoms with Crippen LogP contribution in [-0.4, -0.2) is 60.8 Å². The Kier molecular flexibility index (Phi) is 7.46. The fourth-order valence-electron chi connectivity index (χ4n) is 3.13. The molecule has 2 aromatic heterocycles. The van der Waals surface area contributed by atoms with Crippen LogP contribution in [-0.2, 0) is 13.1 Å². The second-order valence-corrected chi connectivity index (χ2v) is 7.73. The standard InChI is InChI=1S/C21H33N7O/c1-5-22-21(25-15-18-13-19(16(2)3)26-29-18)24-14-17-6-7-23-20(12-17)28-10-8-27(4)9-11-28/h6-7,12-13,16H,5,8-11,14-15H2,1-4H3,(H2,22,24,25). The molecule has 0 amide bonds.